The van der Waals surface area contributed by atoms with Crippen LogP contribution in [0.2, 0.25) is 0 Å². The molecule has 68 heavy (non-hydrogen) atoms. The molecule has 0 aliphatic heterocycles. The molecule has 0 spiro atoms. The summed E-state index contributed by atoms with van der Waals surface area (Å²) in [4.78, 5) is 29.5. The van der Waals surface area contributed by atoms with Crippen molar-refractivity contribution in [2.24, 2.45) is 0 Å². The molecular weight excluding hydrogens is 861 g/mol. The monoisotopic (exact) mass is 902 g/mol. The molecule has 12 rings (SSSR count). The van der Waals surface area contributed by atoms with Crippen molar-refractivity contribution in [3.05, 3.63) is 229 Å². The van der Waals surface area contributed by atoms with Gasteiger partial charge in [-0.2, -0.15) is 4.73 Å². The van der Waals surface area contributed by atoms with Crippen LogP contribution in [0.15, 0.2) is 218 Å². The predicted octanol–water partition coefficient (Wildman–Crippen LogP) is 10.2. The zero-order chi connectivity index (χ0) is 47.8. The second-order valence-electron chi connectivity index (χ2n) is 14.7. The molecule has 0 fully saturated rings. The first-order valence-corrected chi connectivity index (χ1v) is 20.7. The molecule has 0 unspecified atom stereocenters. The molecule has 14 nitrogen and oxygen atoms in total. The van der Waals surface area contributed by atoms with Gasteiger partial charge in [-0.3, -0.25) is 24.7 Å². The van der Waals surface area contributed by atoms with E-state index in [1.165, 1.54) is 18.5 Å². The molecule has 14 heteroatoms. The van der Waals surface area contributed by atoms with E-state index in [2.05, 4.69) is 24.9 Å². The van der Waals surface area contributed by atoms with Gasteiger partial charge in [0.2, 0.25) is 0 Å². The smallest absolute Gasteiger partial charge is 0.265 e. The van der Waals surface area contributed by atoms with Gasteiger partial charge in [-0.15, -0.1) is 0 Å². The number of nitrogens with one attached hydrogen (secondary N) is 1. The number of hydrogen-bond donors (Lipinski definition) is 7. The fraction of sp³-hybridized carbons (Fsp3) is 0. The number of pyridine rings is 6. The third-order valence-electron chi connectivity index (χ3n) is 10.1. The molecule has 6 heterocycles. The zero-order valence-electron chi connectivity index (χ0n) is 35.9. The number of phenolic OH excluding ortho intramolecular Hbond substituents is 6. The number of hydrogen-bond acceptors (Lipinski definition) is 12. The Bertz CT molecular complexity index is 3470. The van der Waals surface area contributed by atoms with Crippen molar-refractivity contribution < 1.29 is 35.4 Å². The van der Waals surface area contributed by atoms with E-state index in [9.17, 15) is 30.4 Å². The first kappa shape index (κ1) is 46.2. The Hall–Kier alpha value is -9.82. The number of para-hydroxylation sites is 1. The summed E-state index contributed by atoms with van der Waals surface area (Å²) in [6.45, 7) is 0. The van der Waals surface area contributed by atoms with Crippen molar-refractivity contribution in [2.45, 2.75) is 0 Å². The minimum atomic E-state index is -0.177. The van der Waals surface area contributed by atoms with E-state index in [0.717, 1.165) is 48.5 Å². The number of aromatic hydroxyl groups is 6. The molecule has 0 saturated carbocycles. The van der Waals surface area contributed by atoms with Crippen LogP contribution in [0.5, 0.6) is 34.5 Å². The lowest BCUT2D eigenvalue weighted by molar-refractivity contribution is -0.577. The predicted molar refractivity (Wildman–Crippen MR) is 264 cm³/mol. The number of H-pyrrole nitrogens is 1. The maximum Gasteiger partial charge on any atom is 0.265 e. The van der Waals surface area contributed by atoms with E-state index < -0.39 is 0 Å². The fourth-order valence-electron chi connectivity index (χ4n) is 6.77. The number of rotatable bonds is 0. The molecule has 0 radical (unpaired) electrons. The van der Waals surface area contributed by atoms with Crippen molar-refractivity contribution in [3.8, 4) is 34.5 Å². The van der Waals surface area contributed by atoms with Gasteiger partial charge in [0, 0.05) is 94.2 Å². The Morgan fingerprint density at radius 2 is 0.912 bits per heavy atom. The average Bonchev–Trinajstić information content (AvgIpc) is 3.36. The van der Waals surface area contributed by atoms with Gasteiger partial charge in [-0.05, 0) is 119 Å². The van der Waals surface area contributed by atoms with E-state index in [4.69, 9.17) is 10.2 Å². The second kappa shape index (κ2) is 22.2. The Morgan fingerprint density at radius 3 is 1.59 bits per heavy atom. The van der Waals surface area contributed by atoms with Gasteiger partial charge < -0.3 is 40.8 Å². The summed E-state index contributed by atoms with van der Waals surface area (Å²) in [7, 11) is 0. The molecule has 336 valence electrons. The summed E-state index contributed by atoms with van der Waals surface area (Å²) in [6, 6.07) is 43.7. The topological polar surface area (TPSA) is 233 Å². The highest BCUT2D eigenvalue weighted by Crippen LogP contribution is 2.25. The van der Waals surface area contributed by atoms with Crippen molar-refractivity contribution in [3.63, 3.8) is 0 Å². The normalized spacial score (nSPS) is 10.2. The lowest BCUT2D eigenvalue weighted by Crippen LogP contribution is -2.25. The quantitative estimate of drug-likeness (QED) is 0.0556. The molecule has 0 aliphatic rings. The van der Waals surface area contributed by atoms with E-state index in [1.54, 1.807) is 147 Å². The van der Waals surface area contributed by atoms with Crippen LogP contribution < -0.4 is 10.3 Å². The lowest BCUT2D eigenvalue weighted by atomic mass is 10.1. The maximum atomic E-state index is 11.2. The van der Waals surface area contributed by atoms with E-state index in [1.807, 2.05) is 48.5 Å². The largest absolute Gasteiger partial charge is 0.618 e. The van der Waals surface area contributed by atoms with Gasteiger partial charge in [0.25, 0.3) is 11.1 Å². The zero-order valence-corrected chi connectivity index (χ0v) is 35.9. The van der Waals surface area contributed by atoms with Crippen molar-refractivity contribution >= 4 is 64.8 Å². The average molecular weight is 903 g/mol. The van der Waals surface area contributed by atoms with E-state index in [0.29, 0.717) is 32.5 Å². The Kier molecular flexibility index (Phi) is 15.1. The number of phenols is 6. The molecule has 0 saturated heterocycles. The Labute approximate surface area is 387 Å². The first-order chi connectivity index (χ1) is 33.0. The molecule has 0 atom stereocenters. The van der Waals surface area contributed by atoms with Crippen LogP contribution in [0, 0.1) is 5.21 Å². The standard InChI is InChI=1S/2C9H7NO2.4C9H7NO/c11-8-5-1-3-7-4-2-6-10(12)9(7)8;11-8-3-1-2-7-6(8)4-5-10-9(7)12;11-9-2-1-8-6-10-4-3-7(8)5-9;11-9-2-1-7-3-4-10-6-8(7)5-9;11-9-3-1-2-7-6-10-5-4-8(7)9;11-9-3-1-2-7-4-5-10-6-8(7)9/h1-6,11H;1-5,11H,(H,10,12);4*1-6,11H. The molecule has 6 aromatic heterocycles. The number of benzene rings is 6. The summed E-state index contributed by atoms with van der Waals surface area (Å²) < 4.78 is 0.657. The number of aromatic nitrogens is 6. The summed E-state index contributed by atoms with van der Waals surface area (Å²) >= 11 is 0. The molecule has 0 aliphatic carbocycles. The highest BCUT2D eigenvalue weighted by Gasteiger charge is 2.07. The van der Waals surface area contributed by atoms with E-state index >= 15 is 0 Å². The summed E-state index contributed by atoms with van der Waals surface area (Å²) in [5, 5.41) is 76.3. The third kappa shape index (κ3) is 11.8. The van der Waals surface area contributed by atoms with Gasteiger partial charge in [0.15, 0.2) is 11.9 Å². The molecule has 0 bridgehead atoms. The molecule has 0 amide bonds. The van der Waals surface area contributed by atoms with Crippen LogP contribution in [-0.2, 0) is 0 Å². The van der Waals surface area contributed by atoms with Gasteiger partial charge in [-0.25, -0.2) is 0 Å². The number of nitrogens with zero attached hydrogens (tertiary/aromatic N) is 5. The SMILES string of the molecule is O=c1[nH]ccc2c(O)cccc12.Oc1ccc2ccncc2c1.Oc1ccc2cnccc2c1.Oc1cccc2ccncc12.Oc1cccc2cnccc12.[O-][n+]1cccc2cccc(O)c21. The summed E-state index contributed by atoms with van der Waals surface area (Å²) in [6.07, 6.45) is 16.6. The summed E-state index contributed by atoms with van der Waals surface area (Å²) in [5.41, 5.74) is 0.142. The number of aromatic amines is 1. The Balaban J connectivity index is 0.000000121. The minimum Gasteiger partial charge on any atom is -0.618 e. The van der Waals surface area contributed by atoms with Crippen molar-refractivity contribution in [2.75, 3.05) is 0 Å². The van der Waals surface area contributed by atoms with Crippen LogP contribution in [0.25, 0.3) is 64.8 Å². The lowest BCUT2D eigenvalue weighted by Gasteiger charge is -2.01. The van der Waals surface area contributed by atoms with Crippen molar-refractivity contribution in [1.82, 2.24) is 24.9 Å². The highest BCUT2D eigenvalue weighted by molar-refractivity contribution is 5.89. The third-order valence-corrected chi connectivity index (χ3v) is 10.1. The van der Waals surface area contributed by atoms with Crippen LogP contribution in [-0.4, -0.2) is 55.6 Å². The van der Waals surface area contributed by atoms with Crippen LogP contribution in [0.3, 0.4) is 0 Å². The molecular formula is C54H42N6O8. The molecule has 7 N–H and O–H groups in total. The highest BCUT2D eigenvalue weighted by atomic mass is 16.5. The molecule has 6 aromatic carbocycles. The van der Waals surface area contributed by atoms with Gasteiger partial charge in [0.1, 0.15) is 28.7 Å². The fourth-order valence-corrected chi connectivity index (χ4v) is 6.77. The first-order valence-electron chi connectivity index (χ1n) is 20.7. The maximum absolute atomic E-state index is 11.2. The van der Waals surface area contributed by atoms with Crippen LogP contribution in [0.4, 0.5) is 0 Å². The van der Waals surface area contributed by atoms with Crippen molar-refractivity contribution in [1.29, 1.82) is 0 Å². The molecule has 12 aromatic rings. The van der Waals surface area contributed by atoms with Crippen LogP contribution in [0.1, 0.15) is 0 Å². The van der Waals surface area contributed by atoms with Gasteiger partial charge in [0.05, 0.1) is 10.8 Å². The summed E-state index contributed by atoms with van der Waals surface area (Å²) in [5.74, 6) is 1.33. The van der Waals surface area contributed by atoms with E-state index in [-0.39, 0.29) is 28.6 Å². The van der Waals surface area contributed by atoms with Crippen LogP contribution >= 0.6 is 0 Å². The second-order valence-corrected chi connectivity index (χ2v) is 14.7. The minimum absolute atomic E-state index is 0.0168. The van der Waals surface area contributed by atoms with Gasteiger partial charge in [-0.1, -0.05) is 42.5 Å². The Morgan fingerprint density at radius 1 is 0.397 bits per heavy atom. The number of fused-ring (bicyclic) bond motifs is 6. The van der Waals surface area contributed by atoms with Gasteiger partial charge >= 0.3 is 0 Å².